The number of ether oxygens (including phenoxy) is 1. The molecule has 1 unspecified atom stereocenters. The van der Waals surface area contributed by atoms with Gasteiger partial charge in [-0.1, -0.05) is 29.8 Å². The summed E-state index contributed by atoms with van der Waals surface area (Å²) in [5.41, 5.74) is 2.37. The number of carbonyl (C=O) groups excluding carboxylic acids is 1. The Hall–Kier alpha value is -1.39. The molecule has 0 bridgehead atoms. The van der Waals surface area contributed by atoms with Crippen LogP contribution in [0.3, 0.4) is 0 Å². The predicted octanol–water partition coefficient (Wildman–Crippen LogP) is 1.44. The van der Waals surface area contributed by atoms with Gasteiger partial charge in [0.1, 0.15) is 0 Å². The summed E-state index contributed by atoms with van der Waals surface area (Å²) < 4.78 is 5.01. The molecule has 0 spiro atoms. The van der Waals surface area contributed by atoms with E-state index in [1.165, 1.54) is 11.1 Å². The topological polar surface area (TPSA) is 58.6 Å². The van der Waals surface area contributed by atoms with E-state index in [0.717, 1.165) is 6.42 Å². The Balaban J connectivity index is 2.37. The van der Waals surface area contributed by atoms with Crippen LogP contribution in [-0.2, 0) is 16.0 Å². The lowest BCUT2D eigenvalue weighted by Gasteiger charge is -2.16. The lowest BCUT2D eigenvalue weighted by atomic mass is 10.1. The first kappa shape index (κ1) is 15.7. The van der Waals surface area contributed by atoms with Crippen molar-refractivity contribution in [1.29, 1.82) is 0 Å². The normalized spacial score (nSPS) is 12.2. The summed E-state index contributed by atoms with van der Waals surface area (Å²) in [7, 11) is 1.59. The van der Waals surface area contributed by atoms with Gasteiger partial charge in [0.05, 0.1) is 12.6 Å². The molecule has 19 heavy (non-hydrogen) atoms. The van der Waals surface area contributed by atoms with Gasteiger partial charge < -0.3 is 15.2 Å². The SMILES string of the molecule is COCC(CCO)NC(=O)CCc1cccc(C)c1. The van der Waals surface area contributed by atoms with E-state index in [1.807, 2.05) is 25.1 Å². The molecule has 0 saturated carbocycles. The molecular formula is C15H23NO3. The van der Waals surface area contributed by atoms with Crippen LogP contribution in [0.4, 0.5) is 0 Å². The van der Waals surface area contributed by atoms with Crippen molar-refractivity contribution < 1.29 is 14.6 Å². The van der Waals surface area contributed by atoms with Gasteiger partial charge in [0.25, 0.3) is 0 Å². The summed E-state index contributed by atoms with van der Waals surface area (Å²) in [6.45, 7) is 2.52. The van der Waals surface area contributed by atoms with E-state index in [0.29, 0.717) is 19.4 Å². The summed E-state index contributed by atoms with van der Waals surface area (Å²) in [5.74, 6) is -0.00277. The highest BCUT2D eigenvalue weighted by molar-refractivity contribution is 5.76. The van der Waals surface area contributed by atoms with E-state index >= 15 is 0 Å². The fraction of sp³-hybridized carbons (Fsp3) is 0.533. The molecule has 0 saturated heterocycles. The third-order valence-electron chi connectivity index (χ3n) is 2.93. The van der Waals surface area contributed by atoms with Crippen LogP contribution in [0.1, 0.15) is 24.0 Å². The second kappa shape index (κ2) is 8.67. The monoisotopic (exact) mass is 265 g/mol. The highest BCUT2D eigenvalue weighted by Gasteiger charge is 2.11. The number of amides is 1. The zero-order valence-electron chi connectivity index (χ0n) is 11.7. The van der Waals surface area contributed by atoms with Crippen LogP contribution in [-0.4, -0.2) is 37.4 Å². The van der Waals surface area contributed by atoms with Crippen LogP contribution in [0.2, 0.25) is 0 Å². The Morgan fingerprint density at radius 1 is 1.47 bits per heavy atom. The van der Waals surface area contributed by atoms with E-state index in [9.17, 15) is 4.79 Å². The van der Waals surface area contributed by atoms with Gasteiger partial charge >= 0.3 is 0 Å². The van der Waals surface area contributed by atoms with Crippen molar-refractivity contribution in [2.24, 2.45) is 0 Å². The molecule has 1 amide bonds. The van der Waals surface area contributed by atoms with E-state index in [1.54, 1.807) is 7.11 Å². The molecule has 0 radical (unpaired) electrons. The quantitative estimate of drug-likeness (QED) is 0.748. The standard InChI is InChI=1S/C15H23NO3/c1-12-4-3-5-13(10-12)6-7-15(18)16-14(8-9-17)11-19-2/h3-5,10,14,17H,6-9,11H2,1-2H3,(H,16,18). The van der Waals surface area contributed by atoms with Crippen molar-refractivity contribution in [2.45, 2.75) is 32.2 Å². The van der Waals surface area contributed by atoms with Crippen LogP contribution in [0.5, 0.6) is 0 Å². The lowest BCUT2D eigenvalue weighted by molar-refractivity contribution is -0.122. The average molecular weight is 265 g/mol. The number of benzene rings is 1. The Morgan fingerprint density at radius 2 is 2.26 bits per heavy atom. The maximum atomic E-state index is 11.8. The molecule has 4 nitrogen and oxygen atoms in total. The number of aliphatic hydroxyl groups excluding tert-OH is 1. The molecular weight excluding hydrogens is 242 g/mol. The van der Waals surface area contributed by atoms with E-state index in [-0.39, 0.29) is 18.6 Å². The third-order valence-corrected chi connectivity index (χ3v) is 2.93. The van der Waals surface area contributed by atoms with Crippen molar-refractivity contribution >= 4 is 5.91 Å². The largest absolute Gasteiger partial charge is 0.396 e. The fourth-order valence-electron chi connectivity index (χ4n) is 1.98. The minimum Gasteiger partial charge on any atom is -0.396 e. The molecule has 1 rings (SSSR count). The minimum absolute atomic E-state index is 0.00277. The number of rotatable bonds is 8. The van der Waals surface area contributed by atoms with Gasteiger partial charge in [0.15, 0.2) is 0 Å². The van der Waals surface area contributed by atoms with Gasteiger partial charge in [0.2, 0.25) is 5.91 Å². The summed E-state index contributed by atoms with van der Waals surface area (Å²) in [6.07, 6.45) is 1.70. The second-order valence-electron chi connectivity index (χ2n) is 4.72. The van der Waals surface area contributed by atoms with Crippen LogP contribution in [0, 0.1) is 6.92 Å². The fourth-order valence-corrected chi connectivity index (χ4v) is 1.98. The second-order valence-corrected chi connectivity index (χ2v) is 4.72. The summed E-state index contributed by atoms with van der Waals surface area (Å²) in [4.78, 5) is 11.8. The van der Waals surface area contributed by atoms with Crippen LogP contribution in [0.25, 0.3) is 0 Å². The first-order valence-electron chi connectivity index (χ1n) is 6.60. The Labute approximate surface area is 114 Å². The van der Waals surface area contributed by atoms with Crippen molar-refractivity contribution in [3.63, 3.8) is 0 Å². The van der Waals surface area contributed by atoms with E-state index < -0.39 is 0 Å². The van der Waals surface area contributed by atoms with Gasteiger partial charge in [-0.2, -0.15) is 0 Å². The molecule has 2 N–H and O–H groups in total. The van der Waals surface area contributed by atoms with E-state index in [4.69, 9.17) is 9.84 Å². The van der Waals surface area contributed by atoms with Gasteiger partial charge in [-0.15, -0.1) is 0 Å². The number of hydrogen-bond donors (Lipinski definition) is 2. The Morgan fingerprint density at radius 3 is 2.89 bits per heavy atom. The summed E-state index contributed by atoms with van der Waals surface area (Å²) >= 11 is 0. The highest BCUT2D eigenvalue weighted by Crippen LogP contribution is 2.06. The summed E-state index contributed by atoms with van der Waals surface area (Å²) in [5, 5.41) is 11.8. The molecule has 106 valence electrons. The number of carbonyl (C=O) groups is 1. The molecule has 1 aromatic rings. The smallest absolute Gasteiger partial charge is 0.220 e. The van der Waals surface area contributed by atoms with Gasteiger partial charge in [-0.25, -0.2) is 0 Å². The Kier molecular flexibility index (Phi) is 7.15. The Bertz CT molecular complexity index is 387. The molecule has 0 aliphatic heterocycles. The number of aryl methyl sites for hydroxylation is 2. The van der Waals surface area contributed by atoms with Crippen LogP contribution in [0.15, 0.2) is 24.3 Å². The number of nitrogens with one attached hydrogen (secondary N) is 1. The van der Waals surface area contributed by atoms with Gasteiger partial charge in [-0.05, 0) is 25.3 Å². The maximum Gasteiger partial charge on any atom is 0.220 e. The summed E-state index contributed by atoms with van der Waals surface area (Å²) in [6, 6.07) is 8.05. The molecule has 0 aromatic heterocycles. The van der Waals surface area contributed by atoms with E-state index in [2.05, 4.69) is 11.4 Å². The van der Waals surface area contributed by atoms with Gasteiger partial charge in [0, 0.05) is 20.1 Å². The zero-order valence-corrected chi connectivity index (χ0v) is 11.7. The molecule has 1 atom stereocenters. The number of hydrogen-bond acceptors (Lipinski definition) is 3. The van der Waals surface area contributed by atoms with Crippen LogP contribution >= 0.6 is 0 Å². The molecule has 0 heterocycles. The average Bonchev–Trinajstić information content (AvgIpc) is 2.37. The molecule has 0 aliphatic rings. The minimum atomic E-state index is -0.111. The molecule has 1 aromatic carbocycles. The number of methoxy groups -OCH3 is 1. The third kappa shape index (κ3) is 6.36. The molecule has 0 fully saturated rings. The van der Waals surface area contributed by atoms with Gasteiger partial charge in [-0.3, -0.25) is 4.79 Å². The van der Waals surface area contributed by atoms with Crippen molar-refractivity contribution in [3.05, 3.63) is 35.4 Å². The predicted molar refractivity (Wildman–Crippen MR) is 75.0 cm³/mol. The maximum absolute atomic E-state index is 11.8. The van der Waals surface area contributed by atoms with Crippen molar-refractivity contribution in [2.75, 3.05) is 20.3 Å². The molecule has 4 heteroatoms. The first-order valence-corrected chi connectivity index (χ1v) is 6.60. The molecule has 0 aliphatic carbocycles. The number of aliphatic hydroxyl groups is 1. The van der Waals surface area contributed by atoms with Crippen LogP contribution < -0.4 is 5.32 Å². The zero-order chi connectivity index (χ0) is 14.1. The lowest BCUT2D eigenvalue weighted by Crippen LogP contribution is -2.38. The van der Waals surface area contributed by atoms with Crippen molar-refractivity contribution in [3.8, 4) is 0 Å². The first-order chi connectivity index (χ1) is 9.15. The van der Waals surface area contributed by atoms with Crippen molar-refractivity contribution in [1.82, 2.24) is 5.32 Å². The highest BCUT2D eigenvalue weighted by atomic mass is 16.5.